The van der Waals surface area contributed by atoms with Gasteiger partial charge >= 0.3 is 0 Å². The molecule has 1 aromatic heterocycles. The third kappa shape index (κ3) is 2.85. The third-order valence-electron chi connectivity index (χ3n) is 1.82. The van der Waals surface area contributed by atoms with Gasteiger partial charge in [0.1, 0.15) is 5.76 Å². The number of nitrogens with two attached hydrogens (primary N) is 1. The van der Waals surface area contributed by atoms with E-state index in [9.17, 15) is 4.79 Å². The van der Waals surface area contributed by atoms with E-state index in [0.717, 1.165) is 6.42 Å². The Bertz CT molecular complexity index is 309. The monoisotopic (exact) mass is 197 g/mol. The number of hydrogen-bond donors (Lipinski definition) is 2. The molecule has 0 aromatic carbocycles. The molecule has 78 valence electrons. The zero-order valence-electron chi connectivity index (χ0n) is 8.41. The van der Waals surface area contributed by atoms with Gasteiger partial charge in [0, 0.05) is 6.07 Å². The second kappa shape index (κ2) is 4.76. The Morgan fingerprint density at radius 2 is 2.50 bits per heavy atom. The van der Waals surface area contributed by atoms with Gasteiger partial charge in [-0.2, -0.15) is 0 Å². The molecule has 0 radical (unpaired) electrons. The lowest BCUT2D eigenvalue weighted by atomic mass is 10.2. The van der Waals surface area contributed by atoms with E-state index in [0.29, 0.717) is 18.0 Å². The van der Waals surface area contributed by atoms with Crippen molar-refractivity contribution in [3.8, 4) is 0 Å². The lowest BCUT2D eigenvalue weighted by Gasteiger charge is -2.08. The van der Waals surface area contributed by atoms with Gasteiger partial charge in [-0.3, -0.25) is 4.79 Å². The number of aryl methyl sites for hydroxylation is 1. The molecule has 1 amide bonds. The Morgan fingerprint density at radius 1 is 1.79 bits per heavy atom. The van der Waals surface area contributed by atoms with Crippen LogP contribution in [0.2, 0.25) is 0 Å². The molecular formula is C9H15N3O2. The fourth-order valence-corrected chi connectivity index (χ4v) is 1.09. The van der Waals surface area contributed by atoms with Crippen LogP contribution in [0.25, 0.3) is 0 Å². The van der Waals surface area contributed by atoms with Gasteiger partial charge in [0.2, 0.25) is 5.91 Å². The molecule has 0 aliphatic heterocycles. The first-order valence-corrected chi connectivity index (χ1v) is 4.63. The predicted octanol–water partition coefficient (Wildman–Crippen LogP) is 1.05. The lowest BCUT2D eigenvalue weighted by molar-refractivity contribution is -0.117. The first kappa shape index (κ1) is 10.7. The van der Waals surface area contributed by atoms with Crippen molar-refractivity contribution in [3.05, 3.63) is 11.8 Å². The standard InChI is InChI=1S/C9H15N3O2/c1-3-4-7(10)9(13)11-8-5-6(2)14-12-8/h5,7H,3-4,10H2,1-2H3,(H,11,12,13)/t7-/m0/s1. The summed E-state index contributed by atoms with van der Waals surface area (Å²) in [5, 5.41) is 6.21. The first-order chi connectivity index (χ1) is 6.63. The molecule has 1 rings (SSSR count). The summed E-state index contributed by atoms with van der Waals surface area (Å²) in [4.78, 5) is 11.4. The van der Waals surface area contributed by atoms with E-state index >= 15 is 0 Å². The van der Waals surface area contributed by atoms with Gasteiger partial charge in [0.25, 0.3) is 0 Å². The predicted molar refractivity (Wildman–Crippen MR) is 52.8 cm³/mol. The van der Waals surface area contributed by atoms with E-state index in [1.54, 1.807) is 13.0 Å². The van der Waals surface area contributed by atoms with Gasteiger partial charge in [0.05, 0.1) is 6.04 Å². The molecule has 5 heteroatoms. The second-order valence-electron chi connectivity index (χ2n) is 3.21. The summed E-state index contributed by atoms with van der Waals surface area (Å²) in [7, 11) is 0. The van der Waals surface area contributed by atoms with Crippen molar-refractivity contribution in [2.75, 3.05) is 5.32 Å². The van der Waals surface area contributed by atoms with Gasteiger partial charge in [-0.15, -0.1) is 0 Å². The average Bonchev–Trinajstić information content (AvgIpc) is 2.51. The zero-order chi connectivity index (χ0) is 10.6. The van der Waals surface area contributed by atoms with E-state index in [4.69, 9.17) is 10.3 Å². The Labute approximate surface area is 82.6 Å². The molecule has 0 unspecified atom stereocenters. The molecule has 0 aliphatic rings. The van der Waals surface area contributed by atoms with Crippen LogP contribution in [0.1, 0.15) is 25.5 Å². The highest BCUT2D eigenvalue weighted by molar-refractivity contribution is 5.93. The Hall–Kier alpha value is -1.36. The molecule has 14 heavy (non-hydrogen) atoms. The van der Waals surface area contributed by atoms with Crippen LogP contribution < -0.4 is 11.1 Å². The van der Waals surface area contributed by atoms with Crippen LogP contribution in [-0.4, -0.2) is 17.1 Å². The van der Waals surface area contributed by atoms with E-state index in [2.05, 4.69) is 10.5 Å². The third-order valence-corrected chi connectivity index (χ3v) is 1.82. The summed E-state index contributed by atoms with van der Waals surface area (Å²) >= 11 is 0. The first-order valence-electron chi connectivity index (χ1n) is 4.63. The number of carbonyl (C=O) groups excluding carboxylic acids is 1. The van der Waals surface area contributed by atoms with Crippen molar-refractivity contribution in [2.45, 2.75) is 32.7 Å². The van der Waals surface area contributed by atoms with Crippen LogP contribution in [0.4, 0.5) is 5.82 Å². The van der Waals surface area contributed by atoms with Crippen molar-refractivity contribution in [3.63, 3.8) is 0 Å². The maximum atomic E-state index is 11.4. The Morgan fingerprint density at radius 3 is 3.00 bits per heavy atom. The molecule has 0 fully saturated rings. The lowest BCUT2D eigenvalue weighted by Crippen LogP contribution is -2.35. The number of rotatable bonds is 4. The van der Waals surface area contributed by atoms with E-state index in [1.807, 2.05) is 6.92 Å². The second-order valence-corrected chi connectivity index (χ2v) is 3.21. The fraction of sp³-hybridized carbons (Fsp3) is 0.556. The minimum absolute atomic E-state index is 0.222. The zero-order valence-corrected chi connectivity index (χ0v) is 8.41. The maximum Gasteiger partial charge on any atom is 0.242 e. The smallest absolute Gasteiger partial charge is 0.242 e. The minimum atomic E-state index is -0.475. The quantitative estimate of drug-likeness (QED) is 0.755. The molecule has 0 saturated carbocycles. The highest BCUT2D eigenvalue weighted by Gasteiger charge is 2.13. The van der Waals surface area contributed by atoms with Gasteiger partial charge < -0.3 is 15.6 Å². The molecule has 3 N–H and O–H groups in total. The molecule has 5 nitrogen and oxygen atoms in total. The Balaban J connectivity index is 2.48. The van der Waals surface area contributed by atoms with Crippen LogP contribution >= 0.6 is 0 Å². The molecule has 0 spiro atoms. The van der Waals surface area contributed by atoms with Crippen molar-refractivity contribution < 1.29 is 9.32 Å². The molecular weight excluding hydrogens is 182 g/mol. The van der Waals surface area contributed by atoms with Gasteiger partial charge in [-0.05, 0) is 13.3 Å². The topological polar surface area (TPSA) is 81.2 Å². The summed E-state index contributed by atoms with van der Waals surface area (Å²) in [6.07, 6.45) is 1.55. The molecule has 1 heterocycles. The highest BCUT2D eigenvalue weighted by Crippen LogP contribution is 2.07. The van der Waals surface area contributed by atoms with Crippen LogP contribution in [0.3, 0.4) is 0 Å². The summed E-state index contributed by atoms with van der Waals surface area (Å²) in [5.74, 6) is 0.851. The van der Waals surface area contributed by atoms with Crippen LogP contribution in [0.15, 0.2) is 10.6 Å². The number of nitrogens with zero attached hydrogens (tertiary/aromatic N) is 1. The SMILES string of the molecule is CCC[C@H](N)C(=O)Nc1cc(C)on1. The van der Waals surface area contributed by atoms with Crippen LogP contribution in [0.5, 0.6) is 0 Å². The largest absolute Gasteiger partial charge is 0.360 e. The van der Waals surface area contributed by atoms with Crippen molar-refractivity contribution in [1.29, 1.82) is 0 Å². The maximum absolute atomic E-state index is 11.4. The van der Waals surface area contributed by atoms with Crippen LogP contribution in [-0.2, 0) is 4.79 Å². The minimum Gasteiger partial charge on any atom is -0.360 e. The van der Waals surface area contributed by atoms with Crippen LogP contribution in [0, 0.1) is 6.92 Å². The molecule has 1 aromatic rings. The van der Waals surface area contributed by atoms with Gasteiger partial charge in [0.15, 0.2) is 5.82 Å². The summed E-state index contributed by atoms with van der Waals surface area (Å²) in [6, 6.07) is 1.17. The molecule has 0 saturated heterocycles. The Kier molecular flexibility index (Phi) is 3.64. The molecule has 1 atom stereocenters. The number of hydrogen-bond acceptors (Lipinski definition) is 4. The fourth-order valence-electron chi connectivity index (χ4n) is 1.09. The summed E-state index contributed by atoms with van der Waals surface area (Å²) in [6.45, 7) is 3.74. The van der Waals surface area contributed by atoms with E-state index < -0.39 is 6.04 Å². The van der Waals surface area contributed by atoms with E-state index in [1.165, 1.54) is 0 Å². The van der Waals surface area contributed by atoms with E-state index in [-0.39, 0.29) is 5.91 Å². The van der Waals surface area contributed by atoms with Gasteiger partial charge in [-0.1, -0.05) is 18.5 Å². The normalized spacial score (nSPS) is 12.5. The summed E-state index contributed by atoms with van der Waals surface area (Å²) in [5.41, 5.74) is 5.61. The number of carbonyl (C=O) groups is 1. The van der Waals surface area contributed by atoms with Crippen molar-refractivity contribution in [2.24, 2.45) is 5.73 Å². The van der Waals surface area contributed by atoms with Crippen molar-refractivity contribution in [1.82, 2.24) is 5.16 Å². The van der Waals surface area contributed by atoms with Crippen molar-refractivity contribution >= 4 is 11.7 Å². The molecule has 0 aliphatic carbocycles. The van der Waals surface area contributed by atoms with Gasteiger partial charge in [-0.25, -0.2) is 0 Å². The number of aromatic nitrogens is 1. The molecule has 0 bridgehead atoms. The average molecular weight is 197 g/mol. The summed E-state index contributed by atoms with van der Waals surface area (Å²) < 4.78 is 4.80. The number of anilines is 1. The number of amides is 1. The number of nitrogens with one attached hydrogen (secondary N) is 1. The highest BCUT2D eigenvalue weighted by atomic mass is 16.5.